The summed E-state index contributed by atoms with van der Waals surface area (Å²) in [4.78, 5) is 24.1. The lowest BCUT2D eigenvalue weighted by Crippen LogP contribution is -2.49. The normalized spacial score (nSPS) is 16.9. The van der Waals surface area contributed by atoms with Crippen LogP contribution in [-0.4, -0.2) is 44.4 Å². The SMILES string of the molecule is CCOC(=O)c1ccc(S(=O)(=O)N2Cc3ccccc3C[C@@H]2C(=O)OC)cc1. The number of hydrogen-bond acceptors (Lipinski definition) is 6. The number of hydrogen-bond donors (Lipinski definition) is 0. The predicted molar refractivity (Wildman–Crippen MR) is 101 cm³/mol. The molecule has 0 amide bonds. The van der Waals surface area contributed by atoms with Gasteiger partial charge in [-0.3, -0.25) is 4.79 Å². The van der Waals surface area contributed by atoms with Gasteiger partial charge in [-0.2, -0.15) is 4.31 Å². The van der Waals surface area contributed by atoms with E-state index in [1.807, 2.05) is 24.3 Å². The lowest BCUT2D eigenvalue weighted by molar-refractivity contribution is -0.145. The fraction of sp³-hybridized carbons (Fsp3) is 0.300. The predicted octanol–water partition coefficient (Wildman–Crippen LogP) is 2.15. The van der Waals surface area contributed by atoms with Crippen LogP contribution >= 0.6 is 0 Å². The zero-order valence-corrected chi connectivity index (χ0v) is 16.4. The molecule has 2 aromatic rings. The number of ether oxygens (including phenoxy) is 2. The monoisotopic (exact) mass is 403 g/mol. The average Bonchev–Trinajstić information content (AvgIpc) is 2.72. The lowest BCUT2D eigenvalue weighted by atomic mass is 9.96. The number of carbonyl (C=O) groups excluding carboxylic acids is 2. The van der Waals surface area contributed by atoms with Crippen LogP contribution in [-0.2, 0) is 37.3 Å². The summed E-state index contributed by atoms with van der Waals surface area (Å²) in [7, 11) is -2.75. The zero-order chi connectivity index (χ0) is 20.3. The van der Waals surface area contributed by atoms with Crippen LogP contribution in [0.15, 0.2) is 53.4 Å². The number of sulfonamides is 1. The van der Waals surface area contributed by atoms with E-state index in [0.29, 0.717) is 0 Å². The van der Waals surface area contributed by atoms with Crippen molar-refractivity contribution in [3.05, 3.63) is 65.2 Å². The van der Waals surface area contributed by atoms with E-state index >= 15 is 0 Å². The van der Waals surface area contributed by atoms with Crippen LogP contribution in [0.5, 0.6) is 0 Å². The van der Waals surface area contributed by atoms with E-state index in [2.05, 4.69) is 0 Å². The molecule has 0 saturated heterocycles. The molecule has 1 aliphatic rings. The molecule has 1 aliphatic heterocycles. The van der Waals surface area contributed by atoms with Crippen LogP contribution in [0.2, 0.25) is 0 Å². The van der Waals surface area contributed by atoms with Gasteiger partial charge in [0.15, 0.2) is 0 Å². The molecular formula is C20H21NO6S. The minimum absolute atomic E-state index is 0.00571. The highest BCUT2D eigenvalue weighted by Gasteiger charge is 2.40. The maximum atomic E-state index is 13.2. The molecule has 1 atom stereocenters. The molecule has 0 saturated carbocycles. The standard InChI is InChI=1S/C20H21NO6S/c1-3-27-19(22)14-8-10-17(11-9-14)28(24,25)21-13-16-7-5-4-6-15(16)12-18(21)20(23)26-2/h4-11,18H,3,12-13H2,1-2H3/t18-/m1/s1. The molecule has 2 aromatic carbocycles. The first-order chi connectivity index (χ1) is 13.4. The molecule has 0 aliphatic carbocycles. The van der Waals surface area contributed by atoms with Gasteiger partial charge in [0, 0.05) is 13.0 Å². The molecule has 0 N–H and O–H groups in total. The second-order valence-corrected chi connectivity index (χ2v) is 8.20. The van der Waals surface area contributed by atoms with E-state index in [1.54, 1.807) is 6.92 Å². The molecule has 3 rings (SSSR count). The summed E-state index contributed by atoms with van der Waals surface area (Å²) in [6, 6.07) is 11.9. The Labute approximate surface area is 163 Å². The van der Waals surface area contributed by atoms with Gasteiger partial charge in [0.05, 0.1) is 24.2 Å². The van der Waals surface area contributed by atoms with E-state index < -0.39 is 28.0 Å². The first-order valence-corrected chi connectivity index (χ1v) is 10.3. The molecule has 0 fully saturated rings. The van der Waals surface area contributed by atoms with E-state index in [1.165, 1.54) is 31.4 Å². The maximum Gasteiger partial charge on any atom is 0.338 e. The Morgan fingerprint density at radius 2 is 1.71 bits per heavy atom. The average molecular weight is 403 g/mol. The number of fused-ring (bicyclic) bond motifs is 1. The fourth-order valence-corrected chi connectivity index (χ4v) is 4.76. The molecule has 0 spiro atoms. The lowest BCUT2D eigenvalue weighted by Gasteiger charge is -2.34. The molecule has 148 valence electrons. The van der Waals surface area contributed by atoms with Gasteiger partial charge in [-0.1, -0.05) is 24.3 Å². The number of methoxy groups -OCH3 is 1. The third-order valence-electron chi connectivity index (χ3n) is 4.65. The van der Waals surface area contributed by atoms with E-state index in [-0.39, 0.29) is 30.0 Å². The van der Waals surface area contributed by atoms with Gasteiger partial charge in [-0.05, 0) is 42.3 Å². The van der Waals surface area contributed by atoms with Crippen molar-refractivity contribution in [2.75, 3.05) is 13.7 Å². The number of benzene rings is 2. The van der Waals surface area contributed by atoms with Crippen LogP contribution in [0.1, 0.15) is 28.4 Å². The van der Waals surface area contributed by atoms with Crippen molar-refractivity contribution in [3.8, 4) is 0 Å². The Morgan fingerprint density at radius 1 is 1.07 bits per heavy atom. The third kappa shape index (κ3) is 3.79. The van der Waals surface area contributed by atoms with Crippen LogP contribution in [0, 0.1) is 0 Å². The molecule has 28 heavy (non-hydrogen) atoms. The Morgan fingerprint density at radius 3 is 2.32 bits per heavy atom. The molecule has 7 nitrogen and oxygen atoms in total. The van der Waals surface area contributed by atoms with E-state index in [0.717, 1.165) is 15.4 Å². The highest BCUT2D eigenvalue weighted by atomic mass is 32.2. The van der Waals surface area contributed by atoms with Gasteiger partial charge >= 0.3 is 11.9 Å². The Bertz CT molecular complexity index is 984. The topological polar surface area (TPSA) is 90.0 Å². The van der Waals surface area contributed by atoms with Gasteiger partial charge in [0.25, 0.3) is 0 Å². The van der Waals surface area contributed by atoms with Gasteiger partial charge in [0.1, 0.15) is 6.04 Å². The third-order valence-corrected chi connectivity index (χ3v) is 6.52. The largest absolute Gasteiger partial charge is 0.468 e. The van der Waals surface area contributed by atoms with Crippen molar-refractivity contribution in [2.45, 2.75) is 30.8 Å². The Hall–Kier alpha value is -2.71. The van der Waals surface area contributed by atoms with Crippen molar-refractivity contribution in [1.29, 1.82) is 0 Å². The second-order valence-electron chi connectivity index (χ2n) is 6.31. The van der Waals surface area contributed by atoms with E-state index in [4.69, 9.17) is 9.47 Å². The highest BCUT2D eigenvalue weighted by molar-refractivity contribution is 7.89. The molecule has 8 heteroatoms. The number of esters is 2. The van der Waals surface area contributed by atoms with Crippen LogP contribution in [0.25, 0.3) is 0 Å². The summed E-state index contributed by atoms with van der Waals surface area (Å²) in [6.07, 6.45) is 0.239. The van der Waals surface area contributed by atoms with Gasteiger partial charge in [0.2, 0.25) is 10.0 Å². The Kier molecular flexibility index (Phi) is 5.81. The summed E-state index contributed by atoms with van der Waals surface area (Å²) >= 11 is 0. The summed E-state index contributed by atoms with van der Waals surface area (Å²) in [5, 5.41) is 0. The summed E-state index contributed by atoms with van der Waals surface area (Å²) in [6.45, 7) is 1.99. The van der Waals surface area contributed by atoms with Crippen molar-refractivity contribution in [2.24, 2.45) is 0 Å². The molecular weight excluding hydrogens is 382 g/mol. The molecule has 0 radical (unpaired) electrons. The van der Waals surface area contributed by atoms with Crippen LogP contribution < -0.4 is 0 Å². The van der Waals surface area contributed by atoms with Crippen LogP contribution in [0.4, 0.5) is 0 Å². The smallest absolute Gasteiger partial charge is 0.338 e. The summed E-state index contributed by atoms with van der Waals surface area (Å²) in [5.41, 5.74) is 2.02. The second kappa shape index (κ2) is 8.12. The maximum absolute atomic E-state index is 13.2. The number of rotatable bonds is 5. The summed E-state index contributed by atoms with van der Waals surface area (Å²) in [5.74, 6) is -1.13. The van der Waals surface area contributed by atoms with Crippen LogP contribution in [0.3, 0.4) is 0 Å². The molecule has 0 aromatic heterocycles. The van der Waals surface area contributed by atoms with E-state index in [9.17, 15) is 18.0 Å². The van der Waals surface area contributed by atoms with Gasteiger partial charge in [-0.25, -0.2) is 13.2 Å². The first kappa shape index (κ1) is 20.0. The van der Waals surface area contributed by atoms with Crippen molar-refractivity contribution in [1.82, 2.24) is 4.31 Å². The molecule has 0 unspecified atom stereocenters. The van der Waals surface area contributed by atoms with Gasteiger partial charge < -0.3 is 9.47 Å². The van der Waals surface area contributed by atoms with Crippen molar-refractivity contribution >= 4 is 22.0 Å². The number of nitrogens with zero attached hydrogens (tertiary/aromatic N) is 1. The first-order valence-electron chi connectivity index (χ1n) is 8.82. The minimum Gasteiger partial charge on any atom is -0.468 e. The molecule has 0 bridgehead atoms. The minimum atomic E-state index is -3.98. The van der Waals surface area contributed by atoms with Crippen molar-refractivity contribution in [3.63, 3.8) is 0 Å². The van der Waals surface area contributed by atoms with Crippen molar-refractivity contribution < 1.29 is 27.5 Å². The summed E-state index contributed by atoms with van der Waals surface area (Å²) < 4.78 is 37.4. The highest BCUT2D eigenvalue weighted by Crippen LogP contribution is 2.29. The number of carbonyl (C=O) groups is 2. The quantitative estimate of drug-likeness (QED) is 0.711. The molecule has 1 heterocycles. The van der Waals surface area contributed by atoms with Gasteiger partial charge in [-0.15, -0.1) is 0 Å². The Balaban J connectivity index is 1.96. The zero-order valence-electron chi connectivity index (χ0n) is 15.6. The fourth-order valence-electron chi connectivity index (χ4n) is 3.20.